The number of methoxy groups -OCH3 is 2. The van der Waals surface area contributed by atoms with Crippen molar-refractivity contribution in [3.05, 3.63) is 76.6 Å². The zero-order chi connectivity index (χ0) is 25.1. The Morgan fingerprint density at radius 3 is 2.43 bits per heavy atom. The van der Waals surface area contributed by atoms with Crippen molar-refractivity contribution in [2.24, 2.45) is 10.9 Å². The number of thiazole rings is 1. The number of hydrogen-bond donors (Lipinski definition) is 1. The maximum atomic E-state index is 13.3. The maximum Gasteiger partial charge on any atom is 0.336 e. The Morgan fingerprint density at radius 1 is 1.03 bits per heavy atom. The summed E-state index contributed by atoms with van der Waals surface area (Å²) in [5, 5.41) is 5.80. The smallest absolute Gasteiger partial charge is 0.336 e. The average molecular weight is 494 g/mol. The molecule has 0 fully saturated rings. The second-order valence-electron chi connectivity index (χ2n) is 7.98. The zero-order valence-electron chi connectivity index (χ0n) is 19.7. The maximum absolute atomic E-state index is 13.3. The molecule has 2 atom stereocenters. The number of aliphatic imine (C=N–C) groups is 1. The van der Waals surface area contributed by atoms with Crippen LogP contribution in [0.25, 0.3) is 11.3 Å². The Bertz CT molecular complexity index is 1330. The minimum atomic E-state index is -0.799. The van der Waals surface area contributed by atoms with Crippen molar-refractivity contribution in [3.8, 4) is 11.3 Å². The number of nitrogens with zero attached hydrogens (tertiary/aromatic N) is 2. The van der Waals surface area contributed by atoms with E-state index >= 15 is 0 Å². The van der Waals surface area contributed by atoms with E-state index < -0.39 is 23.8 Å². The van der Waals surface area contributed by atoms with E-state index in [0.29, 0.717) is 39.1 Å². The number of halogens is 1. The normalized spacial score (nSPS) is 17.6. The number of rotatable bonds is 6. The number of nitrogens with one attached hydrogen (secondary N) is 1. The lowest BCUT2D eigenvalue weighted by Gasteiger charge is -2.32. The molecule has 0 saturated heterocycles. The monoisotopic (exact) mass is 493 g/mol. The van der Waals surface area contributed by atoms with E-state index in [1.165, 1.54) is 37.7 Å². The van der Waals surface area contributed by atoms with Crippen LogP contribution < -0.4 is 5.32 Å². The molecule has 1 aliphatic heterocycles. The molecule has 1 N–H and O–H groups in total. The van der Waals surface area contributed by atoms with Gasteiger partial charge in [0.25, 0.3) is 0 Å². The van der Waals surface area contributed by atoms with Gasteiger partial charge in [0.15, 0.2) is 5.13 Å². The lowest BCUT2D eigenvalue weighted by molar-refractivity contribution is -0.143. The number of benzene rings is 2. The van der Waals surface area contributed by atoms with Gasteiger partial charge in [-0.2, -0.15) is 0 Å². The van der Waals surface area contributed by atoms with Gasteiger partial charge in [0.05, 0.1) is 25.5 Å². The summed E-state index contributed by atoms with van der Waals surface area (Å²) in [4.78, 5) is 34.7. The van der Waals surface area contributed by atoms with Crippen molar-refractivity contribution in [1.29, 1.82) is 0 Å². The van der Waals surface area contributed by atoms with Crippen molar-refractivity contribution >= 4 is 39.8 Å². The van der Waals surface area contributed by atoms with Gasteiger partial charge in [-0.25, -0.2) is 14.2 Å². The van der Waals surface area contributed by atoms with Crippen LogP contribution >= 0.6 is 11.3 Å². The second-order valence-corrected chi connectivity index (χ2v) is 8.84. The lowest BCUT2D eigenvalue weighted by atomic mass is 9.75. The van der Waals surface area contributed by atoms with Crippen LogP contribution in [0.1, 0.15) is 25.3 Å². The molecule has 180 valence electrons. The van der Waals surface area contributed by atoms with E-state index in [1.807, 2.05) is 29.6 Å². The Balaban J connectivity index is 1.76. The molecule has 1 aliphatic rings. The highest BCUT2D eigenvalue weighted by atomic mass is 32.1. The molecule has 9 heteroatoms. The van der Waals surface area contributed by atoms with E-state index in [9.17, 15) is 14.0 Å². The summed E-state index contributed by atoms with van der Waals surface area (Å²) in [6.45, 7) is 3.47. The summed E-state index contributed by atoms with van der Waals surface area (Å²) in [5.74, 6) is -2.83. The van der Waals surface area contributed by atoms with Crippen LogP contribution in [0.2, 0.25) is 0 Å². The quantitative estimate of drug-likeness (QED) is 0.457. The van der Waals surface area contributed by atoms with Gasteiger partial charge in [0.1, 0.15) is 11.7 Å². The van der Waals surface area contributed by atoms with Gasteiger partial charge < -0.3 is 14.8 Å². The minimum Gasteiger partial charge on any atom is -0.468 e. The summed E-state index contributed by atoms with van der Waals surface area (Å²) in [7, 11) is 2.61. The van der Waals surface area contributed by atoms with Crippen LogP contribution in [0.4, 0.5) is 15.2 Å². The summed E-state index contributed by atoms with van der Waals surface area (Å²) in [5.41, 5.74) is 4.21. The first-order valence-corrected chi connectivity index (χ1v) is 11.7. The van der Waals surface area contributed by atoms with Crippen LogP contribution in [0.15, 0.2) is 70.2 Å². The standard InChI is InChI=1S/C26H24FN3O4S/c1-14-21(24(31)33-3)23(22(15(2)28-14)25(32)34-4)18-7-5-6-8-19(18)29-26-30-20(13-35-26)16-9-11-17(27)12-10-16/h5-13,21,23H,1-4H3,(H,29,30). The molecule has 2 heterocycles. The predicted molar refractivity (Wildman–Crippen MR) is 133 cm³/mol. The number of esters is 2. The number of aromatic nitrogens is 1. The molecule has 2 unspecified atom stereocenters. The Labute approximate surface area is 206 Å². The van der Waals surface area contributed by atoms with Crippen molar-refractivity contribution in [2.75, 3.05) is 19.5 Å². The van der Waals surface area contributed by atoms with Gasteiger partial charge >= 0.3 is 11.9 Å². The highest BCUT2D eigenvalue weighted by molar-refractivity contribution is 7.14. The van der Waals surface area contributed by atoms with Gasteiger partial charge in [0.2, 0.25) is 0 Å². The second kappa shape index (κ2) is 10.2. The fraction of sp³-hybridized carbons (Fsp3) is 0.231. The van der Waals surface area contributed by atoms with Crippen molar-refractivity contribution in [3.63, 3.8) is 0 Å². The van der Waals surface area contributed by atoms with E-state index in [0.717, 1.165) is 5.56 Å². The number of allylic oxidation sites excluding steroid dienone is 1. The minimum absolute atomic E-state index is 0.300. The predicted octanol–water partition coefficient (Wildman–Crippen LogP) is 5.49. The molecule has 0 amide bonds. The van der Waals surface area contributed by atoms with Crippen LogP contribution in [-0.4, -0.2) is 36.9 Å². The van der Waals surface area contributed by atoms with Crippen molar-refractivity contribution in [2.45, 2.75) is 19.8 Å². The first kappa shape index (κ1) is 24.3. The molecule has 7 nitrogen and oxygen atoms in total. The van der Waals surface area contributed by atoms with Crippen LogP contribution in [0.3, 0.4) is 0 Å². The summed E-state index contributed by atoms with van der Waals surface area (Å²) >= 11 is 1.39. The van der Waals surface area contributed by atoms with Gasteiger partial charge in [-0.1, -0.05) is 18.2 Å². The molecule has 0 aliphatic carbocycles. The number of carbonyl (C=O) groups is 2. The SMILES string of the molecule is COC(=O)C1=C(C)N=C(C)C(C(=O)OC)C1c1ccccc1Nc1nc(-c2ccc(F)cc2)cs1. The fourth-order valence-corrected chi connectivity index (χ4v) is 4.99. The average Bonchev–Trinajstić information content (AvgIpc) is 3.32. The fourth-order valence-electron chi connectivity index (χ4n) is 4.26. The molecular formula is C26H24FN3O4S. The van der Waals surface area contributed by atoms with Gasteiger partial charge in [-0.05, 0) is 49.7 Å². The van der Waals surface area contributed by atoms with Gasteiger partial charge in [-0.15, -0.1) is 11.3 Å². The molecule has 2 aromatic carbocycles. The van der Waals surface area contributed by atoms with E-state index in [4.69, 9.17) is 9.47 Å². The van der Waals surface area contributed by atoms with Gasteiger partial charge in [0, 0.05) is 34.0 Å². The number of hydrogen-bond acceptors (Lipinski definition) is 8. The van der Waals surface area contributed by atoms with E-state index in [1.54, 1.807) is 26.0 Å². The Kier molecular flexibility index (Phi) is 7.07. The third-order valence-electron chi connectivity index (χ3n) is 5.87. The molecule has 4 rings (SSSR count). The van der Waals surface area contributed by atoms with Crippen molar-refractivity contribution in [1.82, 2.24) is 4.98 Å². The first-order valence-electron chi connectivity index (χ1n) is 10.8. The zero-order valence-corrected chi connectivity index (χ0v) is 20.5. The van der Waals surface area contributed by atoms with E-state index in [-0.39, 0.29) is 5.82 Å². The van der Waals surface area contributed by atoms with E-state index in [2.05, 4.69) is 15.3 Å². The summed E-state index contributed by atoms with van der Waals surface area (Å²) < 4.78 is 23.4. The molecular weight excluding hydrogens is 469 g/mol. The molecule has 0 radical (unpaired) electrons. The Hall–Kier alpha value is -3.85. The van der Waals surface area contributed by atoms with Gasteiger partial charge in [-0.3, -0.25) is 9.79 Å². The number of anilines is 2. The third-order valence-corrected chi connectivity index (χ3v) is 6.63. The molecule has 0 spiro atoms. The summed E-state index contributed by atoms with van der Waals surface area (Å²) in [6.07, 6.45) is 0. The van der Waals surface area contributed by atoms with Crippen molar-refractivity contribution < 1.29 is 23.5 Å². The van der Waals surface area contributed by atoms with Crippen LogP contribution in [-0.2, 0) is 19.1 Å². The molecule has 1 aromatic heterocycles. The molecule has 35 heavy (non-hydrogen) atoms. The molecule has 0 bridgehead atoms. The highest BCUT2D eigenvalue weighted by Gasteiger charge is 2.43. The Morgan fingerprint density at radius 2 is 1.74 bits per heavy atom. The first-order chi connectivity index (χ1) is 16.8. The third kappa shape index (κ3) is 4.85. The largest absolute Gasteiger partial charge is 0.468 e. The van der Waals surface area contributed by atoms with Crippen LogP contribution in [0, 0.1) is 11.7 Å². The topological polar surface area (TPSA) is 89.9 Å². The lowest BCUT2D eigenvalue weighted by Crippen LogP contribution is -2.36. The highest BCUT2D eigenvalue weighted by Crippen LogP contribution is 2.43. The van der Waals surface area contributed by atoms with Crippen LogP contribution in [0.5, 0.6) is 0 Å². The molecule has 3 aromatic rings. The number of ether oxygens (including phenoxy) is 2. The summed E-state index contributed by atoms with van der Waals surface area (Å²) in [6, 6.07) is 13.5. The molecule has 0 saturated carbocycles. The number of para-hydroxylation sites is 1. The number of carbonyl (C=O) groups excluding carboxylic acids is 2.